The summed E-state index contributed by atoms with van der Waals surface area (Å²) in [5.41, 5.74) is 2.37. The first kappa shape index (κ1) is 25.6. The molecule has 0 aliphatic heterocycles. The van der Waals surface area contributed by atoms with Gasteiger partial charge < -0.3 is 9.64 Å². The number of benzene rings is 2. The maximum Gasteiger partial charge on any atom is 0.433 e. The number of aromatic nitrogens is 2. The summed E-state index contributed by atoms with van der Waals surface area (Å²) < 4.78 is 44.0. The summed E-state index contributed by atoms with van der Waals surface area (Å²) in [7, 11) is 3.86. The molecule has 0 radical (unpaired) electrons. The molecule has 2 aromatic carbocycles. The van der Waals surface area contributed by atoms with Crippen LogP contribution in [0.25, 0.3) is 10.9 Å². The Morgan fingerprint density at radius 2 is 1.73 bits per heavy atom. The van der Waals surface area contributed by atoms with Gasteiger partial charge in [-0.15, -0.1) is 0 Å². The lowest BCUT2D eigenvalue weighted by Crippen LogP contribution is -2.08. The van der Waals surface area contributed by atoms with Crippen molar-refractivity contribution in [3.05, 3.63) is 89.4 Å². The number of alkyl halides is 3. The third-order valence-corrected chi connectivity index (χ3v) is 5.79. The van der Waals surface area contributed by atoms with Crippen LogP contribution >= 0.6 is 0 Å². The molecule has 9 heteroatoms. The molecule has 0 aliphatic carbocycles. The van der Waals surface area contributed by atoms with Crippen LogP contribution in [0.15, 0.2) is 67.0 Å². The van der Waals surface area contributed by atoms with Gasteiger partial charge in [0.25, 0.3) is 0 Å². The number of nitrogens with zero attached hydrogens (tertiary/aromatic N) is 4. The van der Waals surface area contributed by atoms with E-state index in [1.807, 2.05) is 37.2 Å². The smallest absolute Gasteiger partial charge is 0.433 e. The Kier molecular flexibility index (Phi) is 7.39. The molecule has 0 unspecified atom stereocenters. The first-order valence-electron chi connectivity index (χ1n) is 11.4. The molecule has 37 heavy (non-hydrogen) atoms. The van der Waals surface area contributed by atoms with Crippen molar-refractivity contribution >= 4 is 22.4 Å². The summed E-state index contributed by atoms with van der Waals surface area (Å²) in [5.74, 6) is 0.872. The van der Waals surface area contributed by atoms with Crippen molar-refractivity contribution in [2.24, 2.45) is 0 Å². The van der Waals surface area contributed by atoms with E-state index in [0.29, 0.717) is 39.9 Å². The third kappa shape index (κ3) is 6.22. The molecule has 2 heterocycles. The van der Waals surface area contributed by atoms with E-state index in [1.165, 1.54) is 12.3 Å². The Morgan fingerprint density at radius 1 is 1.00 bits per heavy atom. The van der Waals surface area contributed by atoms with E-state index < -0.39 is 11.9 Å². The van der Waals surface area contributed by atoms with Crippen LogP contribution in [0.1, 0.15) is 28.8 Å². The average Bonchev–Trinajstić information content (AvgIpc) is 2.88. The van der Waals surface area contributed by atoms with Crippen LogP contribution in [0.5, 0.6) is 11.5 Å². The van der Waals surface area contributed by atoms with E-state index in [9.17, 15) is 23.2 Å². The van der Waals surface area contributed by atoms with Gasteiger partial charge in [-0.25, -0.2) is 0 Å². The van der Waals surface area contributed by atoms with Gasteiger partial charge in [-0.1, -0.05) is 18.2 Å². The molecule has 0 fully saturated rings. The Balaban J connectivity index is 1.41. The fourth-order valence-electron chi connectivity index (χ4n) is 3.76. The Hall–Kier alpha value is -4.45. The monoisotopic (exact) mass is 504 g/mol. The molecule has 0 spiro atoms. The maximum absolute atomic E-state index is 12.6. The lowest BCUT2D eigenvalue weighted by atomic mass is 10.0. The van der Waals surface area contributed by atoms with Gasteiger partial charge in [0.2, 0.25) is 0 Å². The van der Waals surface area contributed by atoms with Crippen LogP contribution in [-0.4, -0.2) is 29.8 Å². The van der Waals surface area contributed by atoms with Crippen molar-refractivity contribution in [3.63, 3.8) is 0 Å². The second kappa shape index (κ2) is 10.7. The second-order valence-corrected chi connectivity index (χ2v) is 8.72. The highest BCUT2D eigenvalue weighted by Crippen LogP contribution is 2.34. The van der Waals surface area contributed by atoms with Crippen molar-refractivity contribution in [3.8, 4) is 17.6 Å². The normalized spacial score (nSPS) is 11.2. The number of hydrogen-bond donors (Lipinski definition) is 0. The first-order valence-corrected chi connectivity index (χ1v) is 11.4. The highest BCUT2D eigenvalue weighted by atomic mass is 19.4. The summed E-state index contributed by atoms with van der Waals surface area (Å²) in [6.45, 7) is 0. The molecule has 4 rings (SSSR count). The standard InChI is InChI=1S/C28H23F3N4O2/c1-35(2)21-7-11-24-25(14-21)33-17-20(15-32)27(24)37-23-9-4-18(5-10-23)13-22(36)8-3-19-6-12-26(34-16-19)28(29,30)31/h4-7,9-12,14,16-17H,3,8,13H2,1-2H3. The predicted molar refractivity (Wildman–Crippen MR) is 134 cm³/mol. The van der Waals surface area contributed by atoms with Gasteiger partial charge in [-0.05, 0) is 53.9 Å². The zero-order valence-electron chi connectivity index (χ0n) is 20.2. The minimum absolute atomic E-state index is 0.0443. The number of ketones is 1. The number of hydrogen-bond acceptors (Lipinski definition) is 6. The maximum atomic E-state index is 12.6. The van der Waals surface area contributed by atoms with Crippen LogP contribution in [0.3, 0.4) is 0 Å². The van der Waals surface area contributed by atoms with Crippen molar-refractivity contribution in [2.75, 3.05) is 19.0 Å². The lowest BCUT2D eigenvalue weighted by Gasteiger charge is -2.15. The van der Waals surface area contributed by atoms with E-state index >= 15 is 0 Å². The summed E-state index contributed by atoms with van der Waals surface area (Å²) in [4.78, 5) is 22.2. The zero-order valence-corrected chi connectivity index (χ0v) is 20.2. The lowest BCUT2D eigenvalue weighted by molar-refractivity contribution is -0.141. The van der Waals surface area contributed by atoms with Gasteiger partial charge in [-0.2, -0.15) is 18.4 Å². The van der Waals surface area contributed by atoms with Gasteiger partial charge in [0.1, 0.15) is 28.9 Å². The van der Waals surface area contributed by atoms with Crippen LogP contribution in [0, 0.1) is 11.3 Å². The van der Waals surface area contributed by atoms with E-state index in [4.69, 9.17) is 4.74 Å². The first-order chi connectivity index (χ1) is 17.6. The minimum Gasteiger partial charge on any atom is -0.455 e. The molecule has 0 bridgehead atoms. The number of carbonyl (C=O) groups is 1. The molecule has 0 amide bonds. The van der Waals surface area contributed by atoms with Gasteiger partial charge in [-0.3, -0.25) is 14.8 Å². The topological polar surface area (TPSA) is 79.1 Å². The van der Waals surface area contributed by atoms with Crippen LogP contribution in [0.2, 0.25) is 0 Å². The van der Waals surface area contributed by atoms with Gasteiger partial charge in [0, 0.05) is 50.4 Å². The largest absolute Gasteiger partial charge is 0.455 e. The number of pyridine rings is 2. The van der Waals surface area contributed by atoms with Crippen molar-refractivity contribution in [1.82, 2.24) is 9.97 Å². The van der Waals surface area contributed by atoms with Crippen molar-refractivity contribution < 1.29 is 22.7 Å². The SMILES string of the molecule is CN(C)c1ccc2c(Oc3ccc(CC(=O)CCc4ccc(C(F)(F)F)nc4)cc3)c(C#N)cnc2c1. The highest BCUT2D eigenvalue weighted by Gasteiger charge is 2.32. The molecular formula is C28H23F3N4O2. The third-order valence-electron chi connectivity index (χ3n) is 5.79. The van der Waals surface area contributed by atoms with Crippen molar-refractivity contribution in [2.45, 2.75) is 25.4 Å². The molecule has 0 aliphatic rings. The predicted octanol–water partition coefficient (Wildman–Crippen LogP) is 6.12. The number of rotatable bonds is 8. The number of aryl methyl sites for hydroxylation is 1. The van der Waals surface area contributed by atoms with Crippen LogP contribution in [-0.2, 0) is 23.8 Å². The summed E-state index contributed by atoms with van der Waals surface area (Å²) in [6.07, 6.45) is -1.16. The fourth-order valence-corrected chi connectivity index (χ4v) is 3.76. The number of Topliss-reactive ketones (excluding diaryl/α,β-unsaturated/α-hetero) is 1. The fraction of sp³-hybridized carbons (Fsp3) is 0.214. The number of nitriles is 1. The molecular weight excluding hydrogens is 481 g/mol. The molecule has 188 valence electrons. The quantitative estimate of drug-likeness (QED) is 0.288. The Bertz CT molecular complexity index is 1460. The summed E-state index contributed by atoms with van der Waals surface area (Å²) in [6, 6.07) is 17.1. The molecule has 0 atom stereocenters. The molecule has 4 aromatic rings. The van der Waals surface area contributed by atoms with Gasteiger partial charge in [0.05, 0.1) is 5.52 Å². The number of carbonyl (C=O) groups excluding carboxylic acids is 1. The van der Waals surface area contributed by atoms with E-state index in [2.05, 4.69) is 16.0 Å². The van der Waals surface area contributed by atoms with Crippen LogP contribution in [0.4, 0.5) is 18.9 Å². The molecule has 0 N–H and O–H groups in total. The van der Waals surface area contributed by atoms with E-state index in [-0.39, 0.29) is 18.6 Å². The number of anilines is 1. The second-order valence-electron chi connectivity index (χ2n) is 8.72. The number of fused-ring (bicyclic) bond motifs is 1. The highest BCUT2D eigenvalue weighted by molar-refractivity contribution is 5.90. The molecule has 6 nitrogen and oxygen atoms in total. The van der Waals surface area contributed by atoms with E-state index in [1.54, 1.807) is 24.3 Å². The van der Waals surface area contributed by atoms with Crippen LogP contribution < -0.4 is 9.64 Å². The molecule has 0 saturated heterocycles. The number of halogens is 3. The van der Waals surface area contributed by atoms with Gasteiger partial charge in [0.15, 0.2) is 5.75 Å². The molecule has 0 saturated carbocycles. The Morgan fingerprint density at radius 3 is 2.35 bits per heavy atom. The van der Waals surface area contributed by atoms with E-state index in [0.717, 1.165) is 23.5 Å². The zero-order chi connectivity index (χ0) is 26.6. The Labute approximate surface area is 212 Å². The van der Waals surface area contributed by atoms with Gasteiger partial charge >= 0.3 is 6.18 Å². The number of ether oxygens (including phenoxy) is 1. The minimum atomic E-state index is -4.49. The average molecular weight is 505 g/mol. The summed E-state index contributed by atoms with van der Waals surface area (Å²) in [5, 5.41) is 10.3. The molecule has 2 aromatic heterocycles. The van der Waals surface area contributed by atoms with Crippen molar-refractivity contribution in [1.29, 1.82) is 5.26 Å². The summed E-state index contributed by atoms with van der Waals surface area (Å²) >= 11 is 0.